The first-order valence-corrected chi connectivity index (χ1v) is 6.33. The third-order valence-corrected chi connectivity index (χ3v) is 3.42. The van der Waals surface area contributed by atoms with Gasteiger partial charge in [0.05, 0.1) is 0 Å². The molecule has 1 aromatic heterocycles. The van der Waals surface area contributed by atoms with E-state index >= 15 is 0 Å². The third kappa shape index (κ3) is 2.98. The molecule has 5 nitrogen and oxygen atoms in total. The van der Waals surface area contributed by atoms with Crippen LogP contribution in [-0.4, -0.2) is 42.5 Å². The lowest BCUT2D eigenvalue weighted by atomic mass is 9.96. The molecule has 1 aliphatic rings. The maximum atomic E-state index is 12.2. The summed E-state index contributed by atoms with van der Waals surface area (Å²) in [7, 11) is 1.95. The number of pyridine rings is 1. The Morgan fingerprint density at radius 3 is 2.83 bits per heavy atom. The van der Waals surface area contributed by atoms with Gasteiger partial charge in [0.15, 0.2) is 0 Å². The third-order valence-electron chi connectivity index (χ3n) is 3.42. The second-order valence-electron chi connectivity index (χ2n) is 4.73. The van der Waals surface area contributed by atoms with Crippen LogP contribution in [-0.2, 0) is 0 Å². The quantitative estimate of drug-likeness (QED) is 0.817. The predicted octanol–water partition coefficient (Wildman–Crippen LogP) is 0.446. The molecule has 2 N–H and O–H groups in total. The fourth-order valence-electron chi connectivity index (χ4n) is 2.39. The second-order valence-corrected chi connectivity index (χ2v) is 4.73. The van der Waals surface area contributed by atoms with E-state index in [2.05, 4.69) is 10.3 Å². The first-order valence-electron chi connectivity index (χ1n) is 6.33. The van der Waals surface area contributed by atoms with Crippen LogP contribution >= 0.6 is 0 Å². The van der Waals surface area contributed by atoms with Crippen molar-refractivity contribution in [2.45, 2.75) is 12.8 Å². The summed E-state index contributed by atoms with van der Waals surface area (Å²) in [5.41, 5.74) is 0.247. The number of nitrogens with zero attached hydrogens (tertiary/aromatic N) is 1. The molecule has 0 bridgehead atoms. The standard InChI is InChI=1S/C13H19N3O2/c1-14-9-10-3-6-16(7-4-10)13(18)11-2-5-15-12(17)8-11/h2,5,8,10,14H,3-4,6-7,9H2,1H3,(H,15,17). The van der Waals surface area contributed by atoms with Gasteiger partial charge in [-0.1, -0.05) is 0 Å². The molecule has 2 heterocycles. The van der Waals surface area contributed by atoms with Crippen molar-refractivity contribution in [2.24, 2.45) is 5.92 Å². The highest BCUT2D eigenvalue weighted by atomic mass is 16.2. The van der Waals surface area contributed by atoms with E-state index in [-0.39, 0.29) is 11.5 Å². The van der Waals surface area contributed by atoms with Crippen molar-refractivity contribution in [2.75, 3.05) is 26.7 Å². The molecule has 2 rings (SSSR count). The fourth-order valence-corrected chi connectivity index (χ4v) is 2.39. The predicted molar refractivity (Wildman–Crippen MR) is 69.6 cm³/mol. The Morgan fingerprint density at radius 2 is 2.22 bits per heavy atom. The van der Waals surface area contributed by atoms with Crippen LogP contribution in [0, 0.1) is 5.92 Å². The number of aromatic nitrogens is 1. The smallest absolute Gasteiger partial charge is 0.254 e. The molecule has 1 fully saturated rings. The van der Waals surface area contributed by atoms with E-state index in [1.165, 1.54) is 12.3 Å². The summed E-state index contributed by atoms with van der Waals surface area (Å²) in [6.07, 6.45) is 3.56. The number of amides is 1. The minimum atomic E-state index is -0.231. The van der Waals surface area contributed by atoms with Crippen molar-refractivity contribution in [3.8, 4) is 0 Å². The van der Waals surface area contributed by atoms with Crippen LogP contribution in [0.3, 0.4) is 0 Å². The van der Waals surface area contributed by atoms with Crippen LogP contribution in [0.5, 0.6) is 0 Å². The zero-order valence-corrected chi connectivity index (χ0v) is 10.6. The van der Waals surface area contributed by atoms with Crippen molar-refractivity contribution >= 4 is 5.91 Å². The van der Waals surface area contributed by atoms with Gasteiger partial charge >= 0.3 is 0 Å². The summed E-state index contributed by atoms with van der Waals surface area (Å²) in [6, 6.07) is 3.02. The summed E-state index contributed by atoms with van der Waals surface area (Å²) in [5, 5.41) is 3.17. The van der Waals surface area contributed by atoms with E-state index < -0.39 is 0 Å². The van der Waals surface area contributed by atoms with Crippen LogP contribution in [0.15, 0.2) is 23.1 Å². The normalized spacial score (nSPS) is 16.8. The zero-order valence-electron chi connectivity index (χ0n) is 10.6. The number of nitrogens with one attached hydrogen (secondary N) is 2. The Labute approximate surface area is 106 Å². The van der Waals surface area contributed by atoms with Crippen molar-refractivity contribution in [1.82, 2.24) is 15.2 Å². The van der Waals surface area contributed by atoms with Gasteiger partial charge in [0.25, 0.3) is 5.91 Å². The molecule has 0 unspecified atom stereocenters. The fraction of sp³-hybridized carbons (Fsp3) is 0.538. The summed E-state index contributed by atoms with van der Waals surface area (Å²) >= 11 is 0. The number of hydrogen-bond acceptors (Lipinski definition) is 3. The number of carbonyl (C=O) groups excluding carboxylic acids is 1. The van der Waals surface area contributed by atoms with Crippen LogP contribution in [0.2, 0.25) is 0 Å². The molecule has 1 aliphatic heterocycles. The Hall–Kier alpha value is -1.62. The van der Waals surface area contributed by atoms with Gasteiger partial charge in [0.2, 0.25) is 5.56 Å². The van der Waals surface area contributed by atoms with Gasteiger partial charge in [-0.15, -0.1) is 0 Å². The molecule has 1 aromatic rings. The van der Waals surface area contributed by atoms with E-state index in [1.54, 1.807) is 6.07 Å². The highest BCUT2D eigenvalue weighted by molar-refractivity contribution is 5.94. The van der Waals surface area contributed by atoms with E-state index in [0.29, 0.717) is 11.5 Å². The minimum Gasteiger partial charge on any atom is -0.339 e. The Bertz CT molecular complexity index is 461. The molecular weight excluding hydrogens is 230 g/mol. The van der Waals surface area contributed by atoms with Crippen molar-refractivity contribution in [1.29, 1.82) is 0 Å². The summed E-state index contributed by atoms with van der Waals surface area (Å²) < 4.78 is 0. The maximum Gasteiger partial charge on any atom is 0.254 e. The zero-order chi connectivity index (χ0) is 13.0. The maximum absolute atomic E-state index is 12.2. The number of hydrogen-bond donors (Lipinski definition) is 2. The van der Waals surface area contributed by atoms with E-state index in [9.17, 15) is 9.59 Å². The van der Waals surface area contributed by atoms with Crippen LogP contribution in [0.1, 0.15) is 23.2 Å². The van der Waals surface area contributed by atoms with Gasteiger partial charge in [-0.3, -0.25) is 9.59 Å². The number of H-pyrrole nitrogens is 1. The largest absolute Gasteiger partial charge is 0.339 e. The molecule has 0 aliphatic carbocycles. The number of likely N-dealkylation sites (tertiary alicyclic amines) is 1. The topological polar surface area (TPSA) is 65.2 Å². The average molecular weight is 249 g/mol. The molecule has 5 heteroatoms. The van der Waals surface area contributed by atoms with Gasteiger partial charge in [0, 0.05) is 30.9 Å². The first-order chi connectivity index (χ1) is 8.70. The lowest BCUT2D eigenvalue weighted by molar-refractivity contribution is 0.0690. The summed E-state index contributed by atoms with van der Waals surface area (Å²) in [5.74, 6) is 0.613. The Balaban J connectivity index is 1.97. The molecule has 1 saturated heterocycles. The SMILES string of the molecule is CNCC1CCN(C(=O)c2cc[nH]c(=O)c2)CC1. The molecule has 0 atom stereocenters. The monoisotopic (exact) mass is 249 g/mol. The van der Waals surface area contributed by atoms with Crippen LogP contribution in [0.25, 0.3) is 0 Å². The highest BCUT2D eigenvalue weighted by Crippen LogP contribution is 2.17. The van der Waals surface area contributed by atoms with Gasteiger partial charge in [-0.05, 0) is 38.4 Å². The molecular formula is C13H19N3O2. The van der Waals surface area contributed by atoms with Crippen molar-refractivity contribution in [3.05, 3.63) is 34.2 Å². The molecule has 0 aromatic carbocycles. The van der Waals surface area contributed by atoms with E-state index in [0.717, 1.165) is 32.5 Å². The first kappa shape index (κ1) is 12.8. The minimum absolute atomic E-state index is 0.0380. The van der Waals surface area contributed by atoms with Crippen molar-refractivity contribution < 1.29 is 4.79 Å². The highest BCUT2D eigenvalue weighted by Gasteiger charge is 2.23. The molecule has 0 radical (unpaired) electrons. The number of piperidine rings is 1. The van der Waals surface area contributed by atoms with Gasteiger partial charge < -0.3 is 15.2 Å². The van der Waals surface area contributed by atoms with Crippen LogP contribution < -0.4 is 10.9 Å². The van der Waals surface area contributed by atoms with Crippen molar-refractivity contribution in [3.63, 3.8) is 0 Å². The second kappa shape index (κ2) is 5.82. The molecule has 1 amide bonds. The number of rotatable bonds is 3. The molecule has 0 spiro atoms. The summed E-state index contributed by atoms with van der Waals surface area (Å²) in [4.78, 5) is 27.7. The lowest BCUT2D eigenvalue weighted by Crippen LogP contribution is -2.40. The summed E-state index contributed by atoms with van der Waals surface area (Å²) in [6.45, 7) is 2.56. The molecule has 0 saturated carbocycles. The van der Waals surface area contributed by atoms with Gasteiger partial charge in [-0.25, -0.2) is 0 Å². The number of aromatic amines is 1. The lowest BCUT2D eigenvalue weighted by Gasteiger charge is -2.31. The molecule has 98 valence electrons. The van der Waals surface area contributed by atoms with Gasteiger partial charge in [0.1, 0.15) is 0 Å². The van der Waals surface area contributed by atoms with E-state index in [1.807, 2.05) is 11.9 Å². The van der Waals surface area contributed by atoms with E-state index in [4.69, 9.17) is 0 Å². The molecule has 18 heavy (non-hydrogen) atoms. The number of carbonyl (C=O) groups is 1. The van der Waals surface area contributed by atoms with Gasteiger partial charge in [-0.2, -0.15) is 0 Å². The van der Waals surface area contributed by atoms with Crippen LogP contribution in [0.4, 0.5) is 0 Å². The average Bonchev–Trinajstić information content (AvgIpc) is 2.39. The Morgan fingerprint density at radius 1 is 1.50 bits per heavy atom. The Kier molecular flexibility index (Phi) is 4.15.